The summed E-state index contributed by atoms with van der Waals surface area (Å²) in [6, 6.07) is 8.01. The number of imide groups is 1. The minimum atomic E-state index is -0.445. The first-order chi connectivity index (χ1) is 8.65. The predicted molar refractivity (Wildman–Crippen MR) is 65.6 cm³/mol. The monoisotopic (exact) mass is 244 g/mol. The first-order valence-corrected chi connectivity index (χ1v) is 5.33. The van der Waals surface area contributed by atoms with Crippen molar-refractivity contribution in [1.82, 2.24) is 15.5 Å². The molecule has 18 heavy (non-hydrogen) atoms. The van der Waals surface area contributed by atoms with E-state index in [0.29, 0.717) is 16.9 Å². The summed E-state index contributed by atoms with van der Waals surface area (Å²) in [4.78, 5) is 23.3. The van der Waals surface area contributed by atoms with Crippen LogP contribution in [0.25, 0.3) is 0 Å². The molecule has 0 saturated heterocycles. The zero-order valence-electron chi connectivity index (χ0n) is 9.51. The van der Waals surface area contributed by atoms with Crippen molar-refractivity contribution < 1.29 is 9.59 Å². The maximum Gasteiger partial charge on any atom is 0.257 e. The Hall–Kier alpha value is -2.63. The minimum Gasteiger partial charge on any atom is -0.399 e. The first kappa shape index (κ1) is 11.8. The second-order valence-corrected chi connectivity index (χ2v) is 3.76. The fourth-order valence-corrected chi connectivity index (χ4v) is 1.43. The zero-order valence-corrected chi connectivity index (χ0v) is 9.51. The largest absolute Gasteiger partial charge is 0.399 e. The predicted octanol–water partition coefficient (Wildman–Crippen LogP) is 0.491. The Morgan fingerprint density at radius 2 is 1.94 bits per heavy atom. The van der Waals surface area contributed by atoms with E-state index in [1.165, 1.54) is 0 Å². The number of amides is 2. The average molecular weight is 244 g/mol. The summed E-state index contributed by atoms with van der Waals surface area (Å²) in [6.45, 7) is 0. The van der Waals surface area contributed by atoms with Gasteiger partial charge in [0.2, 0.25) is 5.91 Å². The van der Waals surface area contributed by atoms with E-state index in [9.17, 15) is 9.59 Å². The highest BCUT2D eigenvalue weighted by atomic mass is 16.2. The van der Waals surface area contributed by atoms with Crippen LogP contribution in [0.3, 0.4) is 0 Å². The molecule has 2 amide bonds. The van der Waals surface area contributed by atoms with Gasteiger partial charge < -0.3 is 5.73 Å². The molecule has 1 aromatic carbocycles. The number of aromatic amines is 1. The minimum absolute atomic E-state index is 0.0840. The van der Waals surface area contributed by atoms with Crippen LogP contribution in [0.5, 0.6) is 0 Å². The summed E-state index contributed by atoms with van der Waals surface area (Å²) in [7, 11) is 0. The van der Waals surface area contributed by atoms with Crippen molar-refractivity contribution >= 4 is 17.5 Å². The Labute approximate surface area is 103 Å². The number of nitrogens with zero attached hydrogens (tertiary/aromatic N) is 1. The molecule has 0 aliphatic carbocycles. The van der Waals surface area contributed by atoms with Gasteiger partial charge >= 0.3 is 0 Å². The van der Waals surface area contributed by atoms with Crippen LogP contribution in [-0.4, -0.2) is 22.0 Å². The molecule has 0 spiro atoms. The van der Waals surface area contributed by atoms with Crippen molar-refractivity contribution in [2.45, 2.75) is 6.42 Å². The third-order valence-electron chi connectivity index (χ3n) is 2.34. The maximum atomic E-state index is 11.7. The van der Waals surface area contributed by atoms with E-state index < -0.39 is 5.91 Å². The van der Waals surface area contributed by atoms with Crippen LogP contribution >= 0.6 is 0 Å². The molecule has 2 rings (SSSR count). The Morgan fingerprint density at radius 1 is 1.22 bits per heavy atom. The number of nitrogens with one attached hydrogen (secondary N) is 2. The van der Waals surface area contributed by atoms with Crippen LogP contribution in [0.1, 0.15) is 16.1 Å². The molecule has 0 radical (unpaired) electrons. The van der Waals surface area contributed by atoms with Gasteiger partial charge in [-0.15, -0.1) is 0 Å². The number of nitrogens with two attached hydrogens (primary N) is 1. The van der Waals surface area contributed by atoms with Gasteiger partial charge in [-0.2, -0.15) is 5.10 Å². The highest BCUT2D eigenvalue weighted by Gasteiger charge is 2.11. The van der Waals surface area contributed by atoms with Gasteiger partial charge in [0.15, 0.2) is 0 Å². The number of nitrogen functional groups attached to an aromatic ring is 1. The number of aromatic nitrogens is 2. The lowest BCUT2D eigenvalue weighted by molar-refractivity contribution is -0.119. The van der Waals surface area contributed by atoms with E-state index in [1.807, 2.05) is 0 Å². The van der Waals surface area contributed by atoms with Gasteiger partial charge in [-0.05, 0) is 30.3 Å². The van der Waals surface area contributed by atoms with Crippen molar-refractivity contribution in [2.24, 2.45) is 0 Å². The molecule has 1 heterocycles. The standard InChI is InChI=1S/C12H12N4O2/c13-9-3-1-8(2-4-9)12(18)15-11(17)7-10-5-6-14-16-10/h1-6H,7,13H2,(H,14,16)(H,15,17,18). The van der Waals surface area contributed by atoms with E-state index in [1.54, 1.807) is 36.5 Å². The third-order valence-corrected chi connectivity index (χ3v) is 2.34. The smallest absolute Gasteiger partial charge is 0.257 e. The molecule has 1 aromatic heterocycles. The number of H-pyrrole nitrogens is 1. The second-order valence-electron chi connectivity index (χ2n) is 3.76. The second kappa shape index (κ2) is 5.13. The highest BCUT2D eigenvalue weighted by molar-refractivity contribution is 6.05. The van der Waals surface area contributed by atoms with Gasteiger partial charge in [-0.3, -0.25) is 20.0 Å². The molecule has 0 atom stereocenters. The van der Waals surface area contributed by atoms with Crippen molar-refractivity contribution in [2.75, 3.05) is 5.73 Å². The van der Waals surface area contributed by atoms with E-state index in [-0.39, 0.29) is 12.3 Å². The average Bonchev–Trinajstić information content (AvgIpc) is 2.82. The van der Waals surface area contributed by atoms with Gasteiger partial charge in [0.25, 0.3) is 5.91 Å². The molecule has 0 bridgehead atoms. The highest BCUT2D eigenvalue weighted by Crippen LogP contribution is 2.05. The van der Waals surface area contributed by atoms with E-state index in [2.05, 4.69) is 15.5 Å². The lowest BCUT2D eigenvalue weighted by atomic mass is 10.2. The summed E-state index contributed by atoms with van der Waals surface area (Å²) in [5.74, 6) is -0.833. The molecule has 0 unspecified atom stereocenters. The molecule has 6 heteroatoms. The molecule has 6 nitrogen and oxygen atoms in total. The van der Waals surface area contributed by atoms with Crippen LogP contribution in [0.4, 0.5) is 5.69 Å². The number of anilines is 1. The number of rotatable bonds is 3. The summed E-state index contributed by atoms with van der Waals surface area (Å²) in [5.41, 5.74) is 7.12. The molecule has 2 aromatic rings. The van der Waals surface area contributed by atoms with Gasteiger partial charge in [0.1, 0.15) is 0 Å². The number of carbonyl (C=O) groups excluding carboxylic acids is 2. The van der Waals surface area contributed by atoms with Gasteiger partial charge in [0, 0.05) is 23.1 Å². The van der Waals surface area contributed by atoms with Crippen LogP contribution < -0.4 is 11.1 Å². The number of hydrogen-bond donors (Lipinski definition) is 3. The van der Waals surface area contributed by atoms with Crippen LogP contribution in [0, 0.1) is 0 Å². The topological polar surface area (TPSA) is 101 Å². The summed E-state index contributed by atoms with van der Waals surface area (Å²) >= 11 is 0. The van der Waals surface area contributed by atoms with Crippen LogP contribution in [0.15, 0.2) is 36.5 Å². The fourth-order valence-electron chi connectivity index (χ4n) is 1.43. The molecular formula is C12H12N4O2. The van der Waals surface area contributed by atoms with E-state index >= 15 is 0 Å². The Bertz CT molecular complexity index is 546. The number of hydrogen-bond acceptors (Lipinski definition) is 4. The van der Waals surface area contributed by atoms with Gasteiger partial charge in [-0.1, -0.05) is 0 Å². The number of benzene rings is 1. The zero-order chi connectivity index (χ0) is 13.0. The lowest BCUT2D eigenvalue weighted by Crippen LogP contribution is -2.31. The van der Waals surface area contributed by atoms with Crippen molar-refractivity contribution in [3.8, 4) is 0 Å². The van der Waals surface area contributed by atoms with E-state index in [4.69, 9.17) is 5.73 Å². The summed E-state index contributed by atoms with van der Waals surface area (Å²) in [5, 5.41) is 8.66. The Morgan fingerprint density at radius 3 is 2.56 bits per heavy atom. The van der Waals surface area contributed by atoms with Gasteiger partial charge in [-0.25, -0.2) is 0 Å². The van der Waals surface area contributed by atoms with Crippen LogP contribution in [0.2, 0.25) is 0 Å². The third kappa shape index (κ3) is 2.94. The fraction of sp³-hybridized carbons (Fsp3) is 0.0833. The normalized spacial score (nSPS) is 10.0. The Balaban J connectivity index is 1.95. The molecule has 0 saturated carbocycles. The lowest BCUT2D eigenvalue weighted by Gasteiger charge is -2.03. The summed E-state index contributed by atoms with van der Waals surface area (Å²) < 4.78 is 0. The molecule has 4 N–H and O–H groups in total. The van der Waals surface area contributed by atoms with Crippen molar-refractivity contribution in [1.29, 1.82) is 0 Å². The van der Waals surface area contributed by atoms with Crippen LogP contribution in [-0.2, 0) is 11.2 Å². The summed E-state index contributed by atoms with van der Waals surface area (Å²) in [6.07, 6.45) is 1.63. The molecule has 0 fully saturated rings. The quantitative estimate of drug-likeness (QED) is 0.684. The molecule has 0 aliphatic heterocycles. The molecular weight excluding hydrogens is 232 g/mol. The number of carbonyl (C=O) groups is 2. The van der Waals surface area contributed by atoms with Crippen molar-refractivity contribution in [3.63, 3.8) is 0 Å². The molecule has 92 valence electrons. The van der Waals surface area contributed by atoms with Crippen molar-refractivity contribution in [3.05, 3.63) is 47.8 Å². The SMILES string of the molecule is Nc1ccc(C(=O)NC(=O)Cc2ccn[nH]2)cc1. The maximum absolute atomic E-state index is 11.7. The molecule has 0 aliphatic rings. The first-order valence-electron chi connectivity index (χ1n) is 5.33. The van der Waals surface area contributed by atoms with Gasteiger partial charge in [0.05, 0.1) is 6.42 Å². The van der Waals surface area contributed by atoms with E-state index in [0.717, 1.165) is 0 Å². The Kier molecular flexibility index (Phi) is 3.38.